The molecule has 222 valence electrons. The number of anilines is 2. The van der Waals surface area contributed by atoms with E-state index in [1.54, 1.807) is 24.5 Å². The molecule has 0 atom stereocenters. The lowest BCUT2D eigenvalue weighted by Gasteiger charge is -2.11. The van der Waals surface area contributed by atoms with Crippen molar-refractivity contribution in [1.82, 2.24) is 20.3 Å². The molecule has 0 saturated carbocycles. The Kier molecular flexibility index (Phi) is 9.34. The van der Waals surface area contributed by atoms with Gasteiger partial charge in [0.1, 0.15) is 11.6 Å². The summed E-state index contributed by atoms with van der Waals surface area (Å²) in [6.45, 7) is 0.571. The third kappa shape index (κ3) is 7.92. The number of carboxylic acids is 2. The van der Waals surface area contributed by atoms with Crippen LogP contribution in [0.2, 0.25) is 0 Å². The van der Waals surface area contributed by atoms with Crippen molar-refractivity contribution in [2.45, 2.75) is 18.8 Å². The van der Waals surface area contributed by atoms with Crippen LogP contribution in [0.1, 0.15) is 16.1 Å². The molecule has 5 rings (SSSR count). The number of aliphatic carboxylic acids is 2. The van der Waals surface area contributed by atoms with E-state index >= 15 is 0 Å². The molecule has 4 heterocycles. The standard InChI is InChI=1S/C21H16FN5O.2C2HF3O2/c22-15-5-3-12-4-6-18(25-13-2-1-8-23-11-13)27-20(12)19(15)17-10-14-16(26-17)7-9-24-21(14)28;2*3-2(4,5)1(6)7/h1-6,8,10-11,26H,7,9H2,(H,24,28)(H,25,27);2*(H,6,7). The van der Waals surface area contributed by atoms with Gasteiger partial charge in [-0.1, -0.05) is 0 Å². The monoisotopic (exact) mass is 601 g/mol. The lowest BCUT2D eigenvalue weighted by molar-refractivity contribution is -0.193. The predicted molar refractivity (Wildman–Crippen MR) is 132 cm³/mol. The third-order valence-electron chi connectivity index (χ3n) is 5.30. The van der Waals surface area contributed by atoms with Crippen LogP contribution in [0.5, 0.6) is 0 Å². The number of hydrogen-bond donors (Lipinski definition) is 5. The summed E-state index contributed by atoms with van der Waals surface area (Å²) in [7, 11) is 0. The summed E-state index contributed by atoms with van der Waals surface area (Å²) in [5.74, 6) is -5.46. The van der Waals surface area contributed by atoms with Crippen molar-refractivity contribution < 1.29 is 55.3 Å². The predicted octanol–water partition coefficient (Wildman–Crippen LogP) is 5.06. The zero-order chi connectivity index (χ0) is 31.2. The van der Waals surface area contributed by atoms with Crippen molar-refractivity contribution >= 4 is 40.3 Å². The Labute approximate surface area is 230 Å². The molecule has 5 N–H and O–H groups in total. The number of nitrogens with one attached hydrogen (secondary N) is 3. The molecular weight excluding hydrogens is 583 g/mol. The Balaban J connectivity index is 0.000000289. The van der Waals surface area contributed by atoms with Crippen molar-refractivity contribution in [3.05, 3.63) is 71.9 Å². The van der Waals surface area contributed by atoms with E-state index in [4.69, 9.17) is 19.8 Å². The largest absolute Gasteiger partial charge is 0.490 e. The van der Waals surface area contributed by atoms with Crippen LogP contribution < -0.4 is 10.6 Å². The van der Waals surface area contributed by atoms with Gasteiger partial charge < -0.3 is 25.8 Å². The third-order valence-corrected chi connectivity index (χ3v) is 5.30. The second-order valence-corrected chi connectivity index (χ2v) is 8.24. The minimum absolute atomic E-state index is 0.142. The number of amides is 1. The van der Waals surface area contributed by atoms with E-state index in [1.165, 1.54) is 6.07 Å². The first-order chi connectivity index (χ1) is 19.6. The van der Waals surface area contributed by atoms with Gasteiger partial charge in [-0.2, -0.15) is 26.3 Å². The Bertz CT molecular complexity index is 1580. The van der Waals surface area contributed by atoms with E-state index in [2.05, 4.69) is 25.6 Å². The molecule has 0 aliphatic carbocycles. The summed E-state index contributed by atoms with van der Waals surface area (Å²) < 4.78 is 78.3. The molecule has 4 aromatic rings. The number of aromatic amines is 1. The fraction of sp³-hybridized carbons (Fsp3) is 0.160. The van der Waals surface area contributed by atoms with Gasteiger partial charge in [-0.15, -0.1) is 0 Å². The number of alkyl halides is 6. The lowest BCUT2D eigenvalue weighted by atomic mass is 10.0. The fourth-order valence-corrected chi connectivity index (χ4v) is 3.50. The van der Waals surface area contributed by atoms with Crippen molar-refractivity contribution in [2.24, 2.45) is 0 Å². The molecule has 0 spiro atoms. The molecule has 1 aliphatic heterocycles. The summed E-state index contributed by atoms with van der Waals surface area (Å²) in [6.07, 6.45) is -6.10. The molecule has 10 nitrogen and oxygen atoms in total. The fourth-order valence-electron chi connectivity index (χ4n) is 3.50. The number of pyridine rings is 2. The number of H-pyrrole nitrogens is 1. The lowest BCUT2D eigenvalue weighted by Crippen LogP contribution is -2.31. The second-order valence-electron chi connectivity index (χ2n) is 8.24. The minimum Gasteiger partial charge on any atom is -0.475 e. The highest BCUT2D eigenvalue weighted by Crippen LogP contribution is 2.33. The summed E-state index contributed by atoms with van der Waals surface area (Å²) in [5, 5.41) is 21.0. The first-order valence-electron chi connectivity index (χ1n) is 11.4. The molecule has 42 heavy (non-hydrogen) atoms. The average Bonchev–Trinajstić information content (AvgIpc) is 3.34. The van der Waals surface area contributed by atoms with E-state index in [1.807, 2.05) is 24.3 Å². The first-order valence-corrected chi connectivity index (χ1v) is 11.4. The molecule has 0 radical (unpaired) electrons. The molecular formula is C25H18F7N5O5. The number of carboxylic acid groups (broad SMARTS) is 2. The summed E-state index contributed by atoms with van der Waals surface area (Å²) >= 11 is 0. The van der Waals surface area contributed by atoms with E-state index in [0.29, 0.717) is 41.1 Å². The van der Waals surface area contributed by atoms with Crippen LogP contribution in [0.4, 0.5) is 42.2 Å². The maximum absolute atomic E-state index is 14.8. The van der Waals surface area contributed by atoms with Gasteiger partial charge in [0.25, 0.3) is 5.91 Å². The van der Waals surface area contributed by atoms with Gasteiger partial charge in [-0.25, -0.2) is 19.0 Å². The Morgan fingerprint density at radius 1 is 0.952 bits per heavy atom. The Hall–Kier alpha value is -5.22. The molecule has 0 unspecified atom stereocenters. The number of carbonyl (C=O) groups excluding carboxylic acids is 1. The molecule has 0 saturated heterocycles. The van der Waals surface area contributed by atoms with Crippen molar-refractivity contribution in [2.75, 3.05) is 11.9 Å². The molecule has 1 amide bonds. The number of rotatable bonds is 3. The molecule has 17 heteroatoms. The Morgan fingerprint density at radius 2 is 1.57 bits per heavy atom. The highest BCUT2D eigenvalue weighted by atomic mass is 19.4. The van der Waals surface area contributed by atoms with E-state index in [-0.39, 0.29) is 5.91 Å². The van der Waals surface area contributed by atoms with Crippen LogP contribution in [-0.2, 0) is 16.0 Å². The van der Waals surface area contributed by atoms with E-state index in [9.17, 15) is 35.5 Å². The minimum atomic E-state index is -5.08. The number of halogens is 7. The maximum Gasteiger partial charge on any atom is 0.490 e. The van der Waals surface area contributed by atoms with Crippen molar-refractivity contribution in [3.63, 3.8) is 0 Å². The number of carbonyl (C=O) groups is 3. The zero-order valence-corrected chi connectivity index (χ0v) is 20.8. The van der Waals surface area contributed by atoms with Gasteiger partial charge in [0.15, 0.2) is 0 Å². The zero-order valence-electron chi connectivity index (χ0n) is 20.8. The van der Waals surface area contributed by atoms with Gasteiger partial charge in [0, 0.05) is 30.2 Å². The van der Waals surface area contributed by atoms with Crippen LogP contribution in [-0.4, -0.2) is 61.9 Å². The molecule has 3 aromatic heterocycles. The van der Waals surface area contributed by atoms with Crippen LogP contribution in [0, 0.1) is 5.82 Å². The summed E-state index contributed by atoms with van der Waals surface area (Å²) in [4.78, 5) is 41.8. The number of benzene rings is 1. The van der Waals surface area contributed by atoms with Crippen LogP contribution >= 0.6 is 0 Å². The van der Waals surface area contributed by atoms with Gasteiger partial charge >= 0.3 is 24.3 Å². The molecule has 1 aliphatic rings. The highest BCUT2D eigenvalue weighted by Gasteiger charge is 2.38. The Morgan fingerprint density at radius 3 is 2.12 bits per heavy atom. The summed E-state index contributed by atoms with van der Waals surface area (Å²) in [6, 6.07) is 12.2. The molecule has 0 bridgehead atoms. The second kappa shape index (κ2) is 12.5. The van der Waals surface area contributed by atoms with Crippen LogP contribution in [0.3, 0.4) is 0 Å². The molecule has 0 fully saturated rings. The van der Waals surface area contributed by atoms with E-state index in [0.717, 1.165) is 16.8 Å². The SMILES string of the molecule is O=C(O)C(F)(F)F.O=C(O)C(F)(F)F.O=C1NCCc2[nH]c(-c3c(F)ccc4ccc(Nc5cccnc5)nc34)cc21. The van der Waals surface area contributed by atoms with Gasteiger partial charge in [0.2, 0.25) is 0 Å². The smallest absolute Gasteiger partial charge is 0.475 e. The van der Waals surface area contributed by atoms with Gasteiger partial charge in [-0.3, -0.25) is 9.78 Å². The van der Waals surface area contributed by atoms with Crippen LogP contribution in [0.15, 0.2) is 54.9 Å². The van der Waals surface area contributed by atoms with Crippen molar-refractivity contribution in [3.8, 4) is 11.3 Å². The highest BCUT2D eigenvalue weighted by molar-refractivity contribution is 6.00. The number of aromatic nitrogens is 3. The van der Waals surface area contributed by atoms with E-state index < -0.39 is 30.1 Å². The maximum atomic E-state index is 14.8. The average molecular weight is 601 g/mol. The number of fused-ring (bicyclic) bond motifs is 2. The van der Waals surface area contributed by atoms with Gasteiger partial charge in [-0.05, 0) is 42.5 Å². The van der Waals surface area contributed by atoms with Crippen molar-refractivity contribution in [1.29, 1.82) is 0 Å². The summed E-state index contributed by atoms with van der Waals surface area (Å²) in [5.41, 5.74) is 3.60. The first kappa shape index (κ1) is 31.3. The topological polar surface area (TPSA) is 157 Å². The molecule has 1 aromatic carbocycles. The quantitative estimate of drug-likeness (QED) is 0.204. The van der Waals surface area contributed by atoms with Crippen LogP contribution in [0.25, 0.3) is 22.2 Å². The number of nitrogens with zero attached hydrogens (tertiary/aromatic N) is 2. The number of hydrogen-bond acceptors (Lipinski definition) is 6. The normalized spacial score (nSPS) is 12.6. The van der Waals surface area contributed by atoms with Gasteiger partial charge in [0.05, 0.1) is 34.2 Å².